The second-order valence-electron chi connectivity index (χ2n) is 9.37. The molecule has 0 amide bonds. The summed E-state index contributed by atoms with van der Waals surface area (Å²) >= 11 is 0. The van der Waals surface area contributed by atoms with Crippen LogP contribution in [0.3, 0.4) is 0 Å². The molecule has 3 nitrogen and oxygen atoms in total. The Kier molecular flexibility index (Phi) is 3.46. The van der Waals surface area contributed by atoms with Crippen molar-refractivity contribution in [3.63, 3.8) is 0 Å². The van der Waals surface area contributed by atoms with Crippen LogP contribution in [0.25, 0.3) is 0 Å². The van der Waals surface area contributed by atoms with Gasteiger partial charge < -0.3 is 15.3 Å². The predicted octanol–water partition coefficient (Wildman–Crippen LogP) is 2.72. The minimum Gasteiger partial charge on any atom is -0.393 e. The standard InChI is InChI=1S/C19H32O3/c1-18-7-5-12(20)9-11(18)3-4-13-14(18)10-16(22)19(2)8-6-15(21)17(13)19/h11-17,20-22H,3-10H2,1-2H3/t11-,12-,13+,14-,15-,16-,17+,18-,19-/m0/s1. The molecule has 0 aromatic heterocycles. The summed E-state index contributed by atoms with van der Waals surface area (Å²) in [5, 5.41) is 31.6. The van der Waals surface area contributed by atoms with E-state index in [0.717, 1.165) is 38.5 Å². The summed E-state index contributed by atoms with van der Waals surface area (Å²) in [6, 6.07) is 0. The molecular formula is C19H32O3. The summed E-state index contributed by atoms with van der Waals surface area (Å²) in [6.07, 6.45) is 7.47. The molecule has 0 heterocycles. The van der Waals surface area contributed by atoms with E-state index < -0.39 is 0 Å². The molecular weight excluding hydrogens is 276 g/mol. The van der Waals surface area contributed by atoms with E-state index in [4.69, 9.17) is 0 Å². The second kappa shape index (κ2) is 4.94. The van der Waals surface area contributed by atoms with Crippen LogP contribution in [0.1, 0.15) is 65.2 Å². The van der Waals surface area contributed by atoms with E-state index in [1.807, 2.05) is 0 Å². The van der Waals surface area contributed by atoms with Crippen molar-refractivity contribution in [2.24, 2.45) is 34.5 Å². The molecule has 4 saturated carbocycles. The van der Waals surface area contributed by atoms with Gasteiger partial charge in [0.05, 0.1) is 18.3 Å². The summed E-state index contributed by atoms with van der Waals surface area (Å²) in [6.45, 7) is 4.63. The Hall–Kier alpha value is -0.120. The van der Waals surface area contributed by atoms with E-state index in [1.165, 1.54) is 12.8 Å². The predicted molar refractivity (Wildman–Crippen MR) is 85.1 cm³/mol. The van der Waals surface area contributed by atoms with Crippen molar-refractivity contribution in [2.75, 3.05) is 0 Å². The molecule has 4 aliphatic carbocycles. The van der Waals surface area contributed by atoms with Crippen LogP contribution in [0, 0.1) is 34.5 Å². The van der Waals surface area contributed by atoms with E-state index >= 15 is 0 Å². The highest BCUT2D eigenvalue weighted by Gasteiger charge is 2.62. The number of hydrogen-bond acceptors (Lipinski definition) is 3. The zero-order chi connectivity index (χ0) is 15.7. The quantitative estimate of drug-likeness (QED) is 0.645. The van der Waals surface area contributed by atoms with Crippen molar-refractivity contribution >= 4 is 0 Å². The van der Waals surface area contributed by atoms with Gasteiger partial charge in [-0.05, 0) is 85.9 Å². The number of rotatable bonds is 0. The summed E-state index contributed by atoms with van der Waals surface area (Å²) < 4.78 is 0. The maximum atomic E-state index is 10.9. The van der Waals surface area contributed by atoms with Gasteiger partial charge in [0.1, 0.15) is 0 Å². The fourth-order valence-corrected chi connectivity index (χ4v) is 7.21. The van der Waals surface area contributed by atoms with Crippen molar-refractivity contribution in [3.05, 3.63) is 0 Å². The zero-order valence-electron chi connectivity index (χ0n) is 14.0. The molecule has 0 spiro atoms. The van der Waals surface area contributed by atoms with Gasteiger partial charge in [0, 0.05) is 0 Å². The highest BCUT2D eigenvalue weighted by Crippen LogP contribution is 2.66. The van der Waals surface area contributed by atoms with E-state index in [-0.39, 0.29) is 35.1 Å². The zero-order valence-corrected chi connectivity index (χ0v) is 14.0. The molecule has 4 rings (SSSR count). The number of aliphatic hydroxyl groups excluding tert-OH is 3. The molecule has 0 aromatic carbocycles. The second-order valence-corrected chi connectivity index (χ2v) is 9.37. The molecule has 0 saturated heterocycles. The van der Waals surface area contributed by atoms with E-state index in [9.17, 15) is 15.3 Å². The third-order valence-corrected chi connectivity index (χ3v) is 8.57. The van der Waals surface area contributed by atoms with Gasteiger partial charge in [-0.15, -0.1) is 0 Å². The van der Waals surface area contributed by atoms with Crippen LogP contribution in [0.2, 0.25) is 0 Å². The van der Waals surface area contributed by atoms with Crippen molar-refractivity contribution in [3.8, 4) is 0 Å². The minimum absolute atomic E-state index is 0.0715. The Morgan fingerprint density at radius 2 is 1.55 bits per heavy atom. The summed E-state index contributed by atoms with van der Waals surface area (Å²) in [5.41, 5.74) is 0.185. The lowest BCUT2D eigenvalue weighted by Crippen LogP contribution is -2.58. The van der Waals surface area contributed by atoms with Gasteiger partial charge >= 0.3 is 0 Å². The molecule has 4 fully saturated rings. The van der Waals surface area contributed by atoms with Gasteiger partial charge in [0.25, 0.3) is 0 Å². The average Bonchev–Trinajstić information content (AvgIpc) is 2.79. The summed E-state index contributed by atoms with van der Waals surface area (Å²) in [4.78, 5) is 0. The first kappa shape index (κ1) is 15.4. The van der Waals surface area contributed by atoms with Crippen molar-refractivity contribution in [1.82, 2.24) is 0 Å². The van der Waals surface area contributed by atoms with Crippen LogP contribution in [0.5, 0.6) is 0 Å². The highest BCUT2D eigenvalue weighted by atomic mass is 16.3. The lowest BCUT2D eigenvalue weighted by atomic mass is 9.44. The number of aliphatic hydroxyl groups is 3. The smallest absolute Gasteiger partial charge is 0.0600 e. The van der Waals surface area contributed by atoms with Gasteiger partial charge in [-0.25, -0.2) is 0 Å². The Bertz CT molecular complexity index is 452. The van der Waals surface area contributed by atoms with E-state index in [2.05, 4.69) is 13.8 Å². The summed E-state index contributed by atoms with van der Waals surface area (Å²) in [7, 11) is 0. The topological polar surface area (TPSA) is 60.7 Å². The van der Waals surface area contributed by atoms with Crippen LogP contribution in [0.4, 0.5) is 0 Å². The fraction of sp³-hybridized carbons (Fsp3) is 1.00. The van der Waals surface area contributed by atoms with Crippen LogP contribution in [-0.4, -0.2) is 33.6 Å². The molecule has 22 heavy (non-hydrogen) atoms. The first-order chi connectivity index (χ1) is 10.4. The Morgan fingerprint density at radius 1 is 0.818 bits per heavy atom. The van der Waals surface area contributed by atoms with Crippen molar-refractivity contribution < 1.29 is 15.3 Å². The molecule has 0 bridgehead atoms. The van der Waals surface area contributed by atoms with Crippen LogP contribution >= 0.6 is 0 Å². The highest BCUT2D eigenvalue weighted by molar-refractivity contribution is 5.11. The Labute approximate surface area is 134 Å². The first-order valence-corrected chi connectivity index (χ1v) is 9.40. The van der Waals surface area contributed by atoms with Crippen molar-refractivity contribution in [1.29, 1.82) is 0 Å². The normalized spacial score (nSPS) is 61.2. The molecule has 0 radical (unpaired) electrons. The maximum Gasteiger partial charge on any atom is 0.0600 e. The molecule has 126 valence electrons. The maximum absolute atomic E-state index is 10.9. The van der Waals surface area contributed by atoms with Gasteiger partial charge in [0.2, 0.25) is 0 Å². The van der Waals surface area contributed by atoms with E-state index in [1.54, 1.807) is 0 Å². The lowest BCUT2D eigenvalue weighted by molar-refractivity contribution is -0.174. The van der Waals surface area contributed by atoms with Crippen LogP contribution < -0.4 is 0 Å². The number of hydrogen-bond donors (Lipinski definition) is 3. The van der Waals surface area contributed by atoms with Gasteiger partial charge in [-0.2, -0.15) is 0 Å². The van der Waals surface area contributed by atoms with E-state index in [0.29, 0.717) is 17.8 Å². The largest absolute Gasteiger partial charge is 0.393 e. The third kappa shape index (κ3) is 1.91. The lowest BCUT2D eigenvalue weighted by Gasteiger charge is -2.61. The molecule has 9 atom stereocenters. The Morgan fingerprint density at radius 3 is 2.32 bits per heavy atom. The Balaban J connectivity index is 1.68. The number of fused-ring (bicyclic) bond motifs is 5. The molecule has 3 heteroatoms. The monoisotopic (exact) mass is 308 g/mol. The SMILES string of the molecule is C[C@]12CC[C@H](O)C[C@@H]1CC[C@H]1[C@@H]3[C@@H](O)CC[C@@]3(C)[C@@H](O)C[C@@H]12. The van der Waals surface area contributed by atoms with Gasteiger partial charge in [0.15, 0.2) is 0 Å². The molecule has 0 aromatic rings. The molecule has 0 aliphatic heterocycles. The van der Waals surface area contributed by atoms with Gasteiger partial charge in [-0.3, -0.25) is 0 Å². The van der Waals surface area contributed by atoms with Gasteiger partial charge in [-0.1, -0.05) is 13.8 Å². The molecule has 4 aliphatic rings. The first-order valence-electron chi connectivity index (χ1n) is 9.40. The average molecular weight is 308 g/mol. The fourth-order valence-electron chi connectivity index (χ4n) is 7.21. The minimum atomic E-state index is -0.265. The molecule has 0 unspecified atom stereocenters. The molecule has 3 N–H and O–H groups in total. The van der Waals surface area contributed by atoms with Crippen molar-refractivity contribution in [2.45, 2.75) is 83.5 Å². The van der Waals surface area contributed by atoms with Crippen LogP contribution in [-0.2, 0) is 0 Å². The third-order valence-electron chi connectivity index (χ3n) is 8.57. The van der Waals surface area contributed by atoms with Crippen LogP contribution in [0.15, 0.2) is 0 Å². The summed E-state index contributed by atoms with van der Waals surface area (Å²) in [5.74, 6) is 1.99.